The third kappa shape index (κ3) is 7.43. The molecule has 14 aromatic rings. The van der Waals surface area contributed by atoms with Crippen molar-refractivity contribution in [2.24, 2.45) is 0 Å². The molecule has 0 aliphatic heterocycles. The van der Waals surface area contributed by atoms with Crippen molar-refractivity contribution in [3.05, 3.63) is 242 Å². The Hall–Kier alpha value is -9.32. The normalized spacial score (nSPS) is 14.3. The Kier molecular flexibility index (Phi) is 10.9. The second kappa shape index (κ2) is 18.7. The fourth-order valence-electron chi connectivity index (χ4n) is 13.8. The molecule has 0 saturated heterocycles. The summed E-state index contributed by atoms with van der Waals surface area (Å²) >= 11 is 0. The minimum atomic E-state index is 0.484. The average molecular weight is 1020 g/mol. The Bertz CT molecular complexity index is 4610. The van der Waals surface area contributed by atoms with Crippen molar-refractivity contribution in [2.75, 3.05) is 9.80 Å². The van der Waals surface area contributed by atoms with Gasteiger partial charge in [-0.15, -0.1) is 0 Å². The van der Waals surface area contributed by atoms with Gasteiger partial charge in [0.25, 0.3) is 0 Å². The van der Waals surface area contributed by atoms with Gasteiger partial charge in [0.15, 0.2) is 16.7 Å². The summed E-state index contributed by atoms with van der Waals surface area (Å²) in [5.41, 5.74) is 18.4. The molecule has 2 aliphatic carbocycles. The van der Waals surface area contributed by atoms with Crippen LogP contribution in [0.5, 0.6) is 0 Å². The molecule has 0 bridgehead atoms. The lowest BCUT2D eigenvalue weighted by Crippen LogP contribution is -2.14. The highest BCUT2D eigenvalue weighted by Crippen LogP contribution is 2.56. The number of anilines is 6. The molecule has 2 aliphatic rings. The van der Waals surface area contributed by atoms with Gasteiger partial charge in [-0.1, -0.05) is 214 Å². The predicted molar refractivity (Wildman–Crippen MR) is 328 cm³/mol. The molecule has 3 heterocycles. The van der Waals surface area contributed by atoms with Gasteiger partial charge in [-0.25, -0.2) is 0 Å². The molecule has 2 saturated carbocycles. The Balaban J connectivity index is 1.00. The number of hydrogen-bond acceptors (Lipinski definition) is 5. The van der Waals surface area contributed by atoms with Gasteiger partial charge in [0.1, 0.15) is 16.7 Å². The molecule has 0 amide bonds. The van der Waals surface area contributed by atoms with Gasteiger partial charge < -0.3 is 23.1 Å². The van der Waals surface area contributed by atoms with E-state index in [4.69, 9.17) is 13.3 Å². The lowest BCUT2D eigenvalue weighted by atomic mass is 9.95. The van der Waals surface area contributed by atoms with E-state index in [-0.39, 0.29) is 0 Å². The zero-order valence-electron chi connectivity index (χ0n) is 43.9. The molecule has 16 rings (SSSR count). The molecule has 0 radical (unpaired) electrons. The van der Waals surface area contributed by atoms with E-state index in [9.17, 15) is 0 Å². The van der Waals surface area contributed by atoms with E-state index in [1.807, 2.05) is 0 Å². The largest absolute Gasteiger partial charge is 0.454 e. The van der Waals surface area contributed by atoms with Crippen molar-refractivity contribution in [2.45, 2.75) is 63.2 Å². The Labute approximate surface area is 458 Å². The van der Waals surface area contributed by atoms with Crippen LogP contribution in [0.2, 0.25) is 0 Å². The fourth-order valence-corrected chi connectivity index (χ4v) is 13.8. The molecule has 0 unspecified atom stereocenters. The van der Waals surface area contributed by atoms with Gasteiger partial charge >= 0.3 is 0 Å². The molecule has 11 aromatic carbocycles. The first kappa shape index (κ1) is 45.8. The predicted octanol–water partition coefficient (Wildman–Crippen LogP) is 22.1. The van der Waals surface area contributed by atoms with Crippen LogP contribution in [-0.4, -0.2) is 0 Å². The number of benzene rings is 11. The van der Waals surface area contributed by atoms with Crippen LogP contribution >= 0.6 is 0 Å². The minimum Gasteiger partial charge on any atom is -0.454 e. The van der Waals surface area contributed by atoms with Crippen molar-refractivity contribution in [1.29, 1.82) is 0 Å². The van der Waals surface area contributed by atoms with E-state index < -0.39 is 0 Å². The smallest absolute Gasteiger partial charge is 0.162 e. The van der Waals surface area contributed by atoms with E-state index in [0.717, 1.165) is 122 Å². The van der Waals surface area contributed by atoms with Crippen molar-refractivity contribution in [1.82, 2.24) is 0 Å². The number of para-hydroxylation sites is 5. The van der Waals surface area contributed by atoms with Crippen LogP contribution < -0.4 is 9.80 Å². The first-order valence-corrected chi connectivity index (χ1v) is 28.4. The average Bonchev–Trinajstić information content (AvgIpc) is 4.46. The van der Waals surface area contributed by atoms with Crippen LogP contribution in [0.4, 0.5) is 34.1 Å². The van der Waals surface area contributed by atoms with E-state index in [1.165, 1.54) is 73.6 Å². The monoisotopic (exact) mass is 1020 g/mol. The van der Waals surface area contributed by atoms with Gasteiger partial charge in [0, 0.05) is 49.1 Å². The number of nitrogens with zero attached hydrogens (tertiary/aromatic N) is 2. The summed E-state index contributed by atoms with van der Waals surface area (Å²) < 4.78 is 22.2. The first-order valence-electron chi connectivity index (χ1n) is 28.4. The lowest BCUT2D eigenvalue weighted by Gasteiger charge is -2.31. The molecule has 0 N–H and O–H groups in total. The van der Waals surface area contributed by atoms with Gasteiger partial charge in [-0.2, -0.15) is 0 Å². The molecule has 380 valence electrons. The molecule has 2 fully saturated rings. The maximum atomic E-state index is 7.49. The summed E-state index contributed by atoms with van der Waals surface area (Å²) in [4.78, 5) is 4.86. The zero-order valence-corrected chi connectivity index (χ0v) is 43.9. The number of rotatable bonds is 10. The second-order valence-electron chi connectivity index (χ2n) is 22.0. The summed E-state index contributed by atoms with van der Waals surface area (Å²) in [5.74, 6) is 0.971. The molecule has 0 spiro atoms. The van der Waals surface area contributed by atoms with Crippen LogP contribution in [0.25, 0.3) is 98.8 Å². The maximum Gasteiger partial charge on any atom is 0.162 e. The third-order valence-electron chi connectivity index (χ3n) is 17.5. The maximum absolute atomic E-state index is 7.49. The Morgan fingerprint density at radius 1 is 0.278 bits per heavy atom. The minimum absolute atomic E-state index is 0.484. The standard InChI is InChI=1S/C74H56N2O3/c1-3-19-47(20-4-1)49-39-43-53(44-40-49)75(64-36-17-34-61-59-32-15-30-55(51-23-7-8-24-51)70(59)78-72(61)64)68-57-27-11-12-28-58(57)69(74-67(68)63-29-13-14-38-66(63)77-74)76(54-45-41-50(42-46-54)48-21-5-2-6-22-48)65-37-18-35-62-60-33-16-31-56(52-25-9-10-26-52)71(60)79-73(62)65/h1-6,11-22,27-46,51-52H,7-10,23-26H2. The topological polar surface area (TPSA) is 45.9 Å². The number of furan rings is 3. The highest BCUT2D eigenvalue weighted by atomic mass is 16.3. The quantitative estimate of drug-likeness (QED) is 0.128. The van der Waals surface area contributed by atoms with Crippen LogP contribution in [-0.2, 0) is 0 Å². The van der Waals surface area contributed by atoms with Crippen LogP contribution in [0.15, 0.2) is 244 Å². The molecular formula is C74H56N2O3. The van der Waals surface area contributed by atoms with Crippen molar-refractivity contribution < 1.29 is 13.3 Å². The van der Waals surface area contributed by atoms with Gasteiger partial charge in [0.2, 0.25) is 0 Å². The van der Waals surface area contributed by atoms with E-state index >= 15 is 0 Å². The van der Waals surface area contributed by atoms with Crippen LogP contribution in [0, 0.1) is 0 Å². The molecule has 79 heavy (non-hydrogen) atoms. The van der Waals surface area contributed by atoms with E-state index in [1.54, 1.807) is 0 Å². The van der Waals surface area contributed by atoms with Crippen LogP contribution in [0.3, 0.4) is 0 Å². The summed E-state index contributed by atoms with van der Waals surface area (Å²) in [7, 11) is 0. The fraction of sp³-hybridized carbons (Fsp3) is 0.135. The SMILES string of the molecule is c1ccc(-c2ccc(N(c3cccc4c3oc3c(C5CCCC5)cccc34)c3c4ccccc4c(N(c4ccc(-c5ccccc5)cc4)c4cccc5c4oc4c(C6CCCC6)cccc45)c4c3oc3ccccc34)cc2)cc1. The molecule has 3 aromatic heterocycles. The highest BCUT2D eigenvalue weighted by Gasteiger charge is 2.33. The molecule has 5 nitrogen and oxygen atoms in total. The van der Waals surface area contributed by atoms with E-state index in [0.29, 0.717) is 11.8 Å². The third-order valence-corrected chi connectivity index (χ3v) is 17.5. The van der Waals surface area contributed by atoms with Gasteiger partial charge in [0.05, 0.1) is 28.1 Å². The van der Waals surface area contributed by atoms with Gasteiger partial charge in [-0.05, 0) is 113 Å². The van der Waals surface area contributed by atoms with Gasteiger partial charge in [-0.3, -0.25) is 0 Å². The summed E-state index contributed by atoms with van der Waals surface area (Å²) in [5, 5.41) is 8.63. The summed E-state index contributed by atoms with van der Waals surface area (Å²) in [6.07, 6.45) is 9.75. The van der Waals surface area contributed by atoms with Crippen molar-refractivity contribution in [3.8, 4) is 22.3 Å². The van der Waals surface area contributed by atoms with E-state index in [2.05, 4.69) is 240 Å². The first-order chi connectivity index (χ1) is 39.2. The Morgan fingerprint density at radius 3 is 1.15 bits per heavy atom. The van der Waals surface area contributed by atoms with Crippen molar-refractivity contribution >= 4 is 111 Å². The number of hydrogen-bond donors (Lipinski definition) is 0. The number of fused-ring (bicyclic) bond motifs is 10. The molecule has 0 atom stereocenters. The molecular weight excluding hydrogens is 965 g/mol. The Morgan fingerprint density at radius 2 is 0.658 bits per heavy atom. The molecule has 5 heteroatoms. The highest BCUT2D eigenvalue weighted by molar-refractivity contribution is 6.29. The lowest BCUT2D eigenvalue weighted by molar-refractivity contribution is 0.643. The summed E-state index contributed by atoms with van der Waals surface area (Å²) in [6, 6.07) is 83.7. The van der Waals surface area contributed by atoms with Crippen LogP contribution in [0.1, 0.15) is 74.3 Å². The zero-order chi connectivity index (χ0) is 52.0. The summed E-state index contributed by atoms with van der Waals surface area (Å²) in [6.45, 7) is 0. The second-order valence-corrected chi connectivity index (χ2v) is 22.0. The van der Waals surface area contributed by atoms with Crippen molar-refractivity contribution in [3.63, 3.8) is 0 Å².